The second-order valence-corrected chi connectivity index (χ2v) is 13.9. The number of aliphatic carboxylic acids is 1. The van der Waals surface area contributed by atoms with Crippen molar-refractivity contribution >= 4 is 15.8 Å². The highest BCUT2D eigenvalue weighted by Gasteiger charge is 2.27. The van der Waals surface area contributed by atoms with Crippen molar-refractivity contribution in [3.05, 3.63) is 53.2 Å². The van der Waals surface area contributed by atoms with E-state index in [2.05, 4.69) is 31.1 Å². The Morgan fingerprint density at radius 1 is 0.776 bits per heavy atom. The molecule has 0 bridgehead atoms. The summed E-state index contributed by atoms with van der Waals surface area (Å²) < 4.78 is 66.9. The maximum absolute atomic E-state index is 13.5. The second-order valence-electron chi connectivity index (χ2n) is 12.0. The molecule has 0 saturated carbocycles. The van der Waals surface area contributed by atoms with E-state index in [9.17, 15) is 13.2 Å². The lowest BCUT2D eigenvalue weighted by Gasteiger charge is -2.19. The van der Waals surface area contributed by atoms with E-state index in [1.54, 1.807) is 25.1 Å². The van der Waals surface area contributed by atoms with E-state index in [4.69, 9.17) is 38.3 Å². The minimum atomic E-state index is -3.90. The molecule has 0 amide bonds. The van der Waals surface area contributed by atoms with Gasteiger partial charge in [-0.15, -0.1) is 5.10 Å². The fourth-order valence-electron chi connectivity index (χ4n) is 4.53. The molecule has 272 valence electrons. The number of hydrogen-bond donors (Lipinski definition) is 1. The highest BCUT2D eigenvalue weighted by molar-refractivity contribution is 7.91. The van der Waals surface area contributed by atoms with Gasteiger partial charge in [0.05, 0.1) is 90.2 Å². The zero-order valence-corrected chi connectivity index (χ0v) is 30.0. The van der Waals surface area contributed by atoms with E-state index in [1.165, 1.54) is 11.8 Å². The molecule has 0 spiro atoms. The van der Waals surface area contributed by atoms with Crippen molar-refractivity contribution in [2.45, 2.75) is 56.4 Å². The summed E-state index contributed by atoms with van der Waals surface area (Å²) in [6.45, 7) is 13.8. The molecule has 2 aromatic carbocycles. The molecule has 15 heteroatoms. The molecule has 0 aliphatic heterocycles. The zero-order chi connectivity index (χ0) is 35.9. The lowest BCUT2D eigenvalue weighted by molar-refractivity contribution is -0.138. The quantitative estimate of drug-likeness (QED) is 0.141. The van der Waals surface area contributed by atoms with Gasteiger partial charge in [0, 0.05) is 6.07 Å². The number of aromatic nitrogens is 3. The lowest BCUT2D eigenvalue weighted by atomic mass is 9.87. The zero-order valence-electron chi connectivity index (χ0n) is 29.2. The van der Waals surface area contributed by atoms with Crippen LogP contribution in [-0.4, -0.2) is 114 Å². The Morgan fingerprint density at radius 2 is 1.29 bits per heavy atom. The smallest absolute Gasteiger partial charge is 0.305 e. The molecule has 1 heterocycles. The summed E-state index contributed by atoms with van der Waals surface area (Å²) in [6.07, 6.45) is -0.0200. The van der Waals surface area contributed by atoms with E-state index in [-0.39, 0.29) is 28.4 Å². The van der Waals surface area contributed by atoms with Crippen LogP contribution in [0.2, 0.25) is 0 Å². The topological polar surface area (TPSA) is 167 Å². The van der Waals surface area contributed by atoms with Gasteiger partial charge < -0.3 is 38.3 Å². The number of nitrogens with zero attached hydrogens (tertiary/aromatic N) is 3. The number of rotatable bonds is 23. The summed E-state index contributed by atoms with van der Waals surface area (Å²) >= 11 is 0. The highest BCUT2D eigenvalue weighted by atomic mass is 32.2. The Kier molecular flexibility index (Phi) is 15.9. The molecule has 0 fully saturated rings. The summed E-state index contributed by atoms with van der Waals surface area (Å²) in [6, 6.07) is 10.4. The number of hydrogen-bond acceptors (Lipinski definition) is 12. The minimum Gasteiger partial charge on any atom is -0.494 e. The van der Waals surface area contributed by atoms with Gasteiger partial charge in [-0.3, -0.25) is 4.79 Å². The van der Waals surface area contributed by atoms with Crippen LogP contribution in [0.25, 0.3) is 5.69 Å². The van der Waals surface area contributed by atoms with Crippen molar-refractivity contribution < 1.29 is 51.5 Å². The van der Waals surface area contributed by atoms with E-state index < -0.39 is 15.8 Å². The molecule has 49 heavy (non-hydrogen) atoms. The van der Waals surface area contributed by atoms with Gasteiger partial charge >= 0.3 is 5.97 Å². The molecular weight excluding hydrogens is 658 g/mol. The monoisotopic (exact) mass is 707 g/mol. The number of aryl methyl sites for hydroxylation is 1. The first-order valence-corrected chi connectivity index (χ1v) is 17.5. The van der Waals surface area contributed by atoms with E-state index in [0.717, 1.165) is 11.1 Å². The Balaban J connectivity index is 1.39. The minimum absolute atomic E-state index is 0.0200. The SMILES string of the molecule is COc1cc(OCCOCCOCCOCCOCCOCCC(=O)O)c(C)cc1-n1nnc(S(=O)(=O)c2ccc(C(C)(C)C)cc2)c1C. The predicted molar refractivity (Wildman–Crippen MR) is 180 cm³/mol. The molecule has 3 aromatic rings. The molecule has 0 unspecified atom stereocenters. The van der Waals surface area contributed by atoms with Crippen molar-refractivity contribution in [3.63, 3.8) is 0 Å². The fraction of sp³-hybridized carbons (Fsp3) is 0.559. The largest absolute Gasteiger partial charge is 0.494 e. The summed E-state index contributed by atoms with van der Waals surface area (Å²) in [5, 5.41) is 16.6. The third kappa shape index (κ3) is 12.3. The number of carboxylic acid groups (broad SMARTS) is 1. The van der Waals surface area contributed by atoms with Crippen molar-refractivity contribution in [1.82, 2.24) is 15.0 Å². The average molecular weight is 708 g/mol. The molecule has 0 saturated heterocycles. The van der Waals surface area contributed by atoms with Crippen LogP contribution in [0.3, 0.4) is 0 Å². The standard InChI is InChI=1S/C34H49N3O11S/c1-25-23-29(37-26(2)33(35-36-37)49(40,41)28-9-7-27(8-10-28)34(3,4)5)31(42-6)24-30(25)48-22-21-47-20-19-46-18-17-45-16-15-44-14-13-43-12-11-32(38)39/h7-10,23-24H,11-22H2,1-6H3,(H,38,39). The van der Waals surface area contributed by atoms with Crippen LogP contribution in [-0.2, 0) is 43.7 Å². The number of sulfone groups is 1. The third-order valence-electron chi connectivity index (χ3n) is 7.28. The second kappa shape index (κ2) is 19.6. The van der Waals surface area contributed by atoms with Crippen molar-refractivity contribution in [1.29, 1.82) is 0 Å². The first-order chi connectivity index (χ1) is 23.4. The van der Waals surface area contributed by atoms with Crippen LogP contribution >= 0.6 is 0 Å². The lowest BCUT2D eigenvalue weighted by Crippen LogP contribution is -2.14. The number of carboxylic acids is 1. The number of carbonyl (C=O) groups is 1. The van der Waals surface area contributed by atoms with Crippen molar-refractivity contribution in [2.24, 2.45) is 0 Å². The molecule has 0 radical (unpaired) electrons. The van der Waals surface area contributed by atoms with Crippen LogP contribution < -0.4 is 9.47 Å². The first kappa shape index (κ1) is 39.8. The predicted octanol–water partition coefficient (Wildman–Crippen LogP) is 3.96. The van der Waals surface area contributed by atoms with Crippen molar-refractivity contribution in [2.75, 3.05) is 79.8 Å². The molecule has 0 aliphatic carbocycles. The summed E-state index contributed by atoms with van der Waals surface area (Å²) in [5.74, 6) is 0.148. The maximum atomic E-state index is 13.5. The van der Waals surface area contributed by atoms with E-state index >= 15 is 0 Å². The van der Waals surface area contributed by atoms with Crippen LogP contribution in [0.1, 0.15) is 44.0 Å². The van der Waals surface area contributed by atoms with Crippen LogP contribution in [0.15, 0.2) is 46.3 Å². The number of ether oxygens (including phenoxy) is 7. The molecule has 14 nitrogen and oxygen atoms in total. The molecular formula is C34H49N3O11S. The Labute approximate surface area is 288 Å². The van der Waals surface area contributed by atoms with Crippen molar-refractivity contribution in [3.8, 4) is 17.2 Å². The normalized spacial score (nSPS) is 12.0. The van der Waals surface area contributed by atoms with Gasteiger partial charge in [0.15, 0.2) is 0 Å². The average Bonchev–Trinajstić information content (AvgIpc) is 3.45. The molecule has 3 rings (SSSR count). The van der Waals surface area contributed by atoms with Gasteiger partial charge in [0.2, 0.25) is 14.9 Å². The van der Waals surface area contributed by atoms with Crippen LogP contribution in [0.4, 0.5) is 0 Å². The van der Waals surface area contributed by atoms with E-state index in [1.807, 2.05) is 25.1 Å². The van der Waals surface area contributed by atoms with Crippen LogP contribution in [0, 0.1) is 13.8 Å². The van der Waals surface area contributed by atoms with Gasteiger partial charge in [-0.25, -0.2) is 13.1 Å². The summed E-state index contributed by atoms with van der Waals surface area (Å²) in [5.41, 5.74) is 2.62. The molecule has 1 aromatic heterocycles. The van der Waals surface area contributed by atoms with Crippen LogP contribution in [0.5, 0.6) is 11.5 Å². The number of methoxy groups -OCH3 is 1. The maximum Gasteiger partial charge on any atom is 0.305 e. The van der Waals surface area contributed by atoms with Gasteiger partial charge in [0.25, 0.3) is 0 Å². The molecule has 0 atom stereocenters. The number of benzene rings is 2. The summed E-state index contributed by atoms with van der Waals surface area (Å²) in [4.78, 5) is 10.5. The highest BCUT2D eigenvalue weighted by Crippen LogP contribution is 2.33. The van der Waals surface area contributed by atoms with Gasteiger partial charge in [-0.1, -0.05) is 38.1 Å². The van der Waals surface area contributed by atoms with E-state index in [0.29, 0.717) is 88.9 Å². The Morgan fingerprint density at radius 3 is 1.78 bits per heavy atom. The molecule has 1 N–H and O–H groups in total. The first-order valence-electron chi connectivity index (χ1n) is 16.1. The molecule has 0 aliphatic rings. The van der Waals surface area contributed by atoms with Gasteiger partial charge in [-0.05, 0) is 48.6 Å². The Bertz CT molecular complexity index is 1570. The van der Waals surface area contributed by atoms with Gasteiger partial charge in [0.1, 0.15) is 23.8 Å². The summed E-state index contributed by atoms with van der Waals surface area (Å²) in [7, 11) is -2.38. The fourth-order valence-corrected chi connectivity index (χ4v) is 5.87. The Hall–Kier alpha value is -3.60. The third-order valence-corrected chi connectivity index (χ3v) is 9.05. The van der Waals surface area contributed by atoms with Gasteiger partial charge in [-0.2, -0.15) is 0 Å².